The number of hydrogen-bond donors (Lipinski definition) is 1. The fraction of sp³-hybridized carbons (Fsp3) is 0.235. The van der Waals surface area contributed by atoms with Crippen LogP contribution in [0.15, 0.2) is 50.5 Å². The van der Waals surface area contributed by atoms with E-state index in [4.69, 9.17) is 16.0 Å². The molecule has 0 saturated heterocycles. The Balaban J connectivity index is 1.85. The summed E-state index contributed by atoms with van der Waals surface area (Å²) in [5, 5.41) is 10.6. The van der Waals surface area contributed by atoms with Crippen LogP contribution in [-0.2, 0) is 17.1 Å². The molecule has 1 aromatic heterocycles. The molecule has 26 heavy (non-hydrogen) atoms. The van der Waals surface area contributed by atoms with E-state index in [1.54, 1.807) is 25.2 Å². The highest BCUT2D eigenvalue weighted by Crippen LogP contribution is 2.38. The van der Waals surface area contributed by atoms with Crippen molar-refractivity contribution in [1.82, 2.24) is 4.57 Å². The zero-order chi connectivity index (χ0) is 18.6. The molecule has 0 fully saturated rings. The van der Waals surface area contributed by atoms with Crippen molar-refractivity contribution in [3.8, 4) is 0 Å². The van der Waals surface area contributed by atoms with E-state index in [0.29, 0.717) is 21.8 Å². The van der Waals surface area contributed by atoms with Crippen LogP contribution in [0.25, 0.3) is 11.1 Å². The molecule has 7 nitrogen and oxygen atoms in total. The topological polar surface area (TPSA) is 92.8 Å². The lowest BCUT2D eigenvalue weighted by Gasteiger charge is -2.33. The Bertz CT molecular complexity index is 1180. The Morgan fingerprint density at radius 3 is 2.77 bits per heavy atom. The zero-order valence-corrected chi connectivity index (χ0v) is 15.3. The Morgan fingerprint density at radius 2 is 2.00 bits per heavy atom. The van der Waals surface area contributed by atoms with Crippen LogP contribution in [0.2, 0.25) is 5.02 Å². The fourth-order valence-electron chi connectivity index (χ4n) is 3.19. The number of aromatic nitrogens is 1. The minimum atomic E-state index is -3.90. The van der Waals surface area contributed by atoms with E-state index in [-0.39, 0.29) is 23.4 Å². The standard InChI is InChI=1S/C17H15ClN2O5S/c1-19-14-5-3-11(9-16(14)25-17(19)22)26(23,24)20-7-6-15(21)12-8-10(18)2-4-13(12)20/h2-5,8-9,15,21H,6-7H2,1H3. The van der Waals surface area contributed by atoms with Crippen LogP contribution in [-0.4, -0.2) is 24.6 Å². The molecule has 3 aromatic rings. The average Bonchev–Trinajstić information content (AvgIpc) is 2.89. The van der Waals surface area contributed by atoms with Gasteiger partial charge in [0.15, 0.2) is 5.58 Å². The van der Waals surface area contributed by atoms with E-state index in [0.717, 1.165) is 0 Å². The molecule has 9 heteroatoms. The molecule has 1 aliphatic heterocycles. The average molecular weight is 395 g/mol. The number of aliphatic hydroxyl groups is 1. The number of hydrogen-bond acceptors (Lipinski definition) is 5. The number of aliphatic hydroxyl groups excluding tert-OH is 1. The van der Waals surface area contributed by atoms with E-state index < -0.39 is 21.9 Å². The van der Waals surface area contributed by atoms with Gasteiger partial charge in [-0.15, -0.1) is 0 Å². The van der Waals surface area contributed by atoms with Gasteiger partial charge in [0, 0.05) is 30.2 Å². The second kappa shape index (κ2) is 5.87. The van der Waals surface area contributed by atoms with Crippen LogP contribution < -0.4 is 10.1 Å². The van der Waals surface area contributed by atoms with Gasteiger partial charge in [-0.05, 0) is 36.8 Å². The Labute approximate surface area is 154 Å². The van der Waals surface area contributed by atoms with E-state index >= 15 is 0 Å². The van der Waals surface area contributed by atoms with Crippen molar-refractivity contribution in [2.75, 3.05) is 10.8 Å². The lowest BCUT2D eigenvalue weighted by Crippen LogP contribution is -2.36. The molecule has 4 rings (SSSR count). The van der Waals surface area contributed by atoms with Gasteiger partial charge in [0.05, 0.1) is 22.2 Å². The Morgan fingerprint density at radius 1 is 1.23 bits per heavy atom. The van der Waals surface area contributed by atoms with E-state index in [1.807, 2.05) is 0 Å². The first-order valence-electron chi connectivity index (χ1n) is 7.89. The molecule has 0 aliphatic carbocycles. The summed E-state index contributed by atoms with van der Waals surface area (Å²) in [4.78, 5) is 11.6. The summed E-state index contributed by atoms with van der Waals surface area (Å²) in [6, 6.07) is 9.05. The Hall–Kier alpha value is -2.29. The molecule has 0 spiro atoms. The normalized spacial score (nSPS) is 17.5. The Kier molecular flexibility index (Phi) is 3.87. The molecule has 0 radical (unpaired) electrons. The minimum Gasteiger partial charge on any atom is -0.408 e. The number of anilines is 1. The van der Waals surface area contributed by atoms with Gasteiger partial charge in [-0.3, -0.25) is 8.87 Å². The number of sulfonamides is 1. The molecule has 1 unspecified atom stereocenters. The predicted octanol–water partition coefficient (Wildman–Crippen LogP) is 2.42. The van der Waals surface area contributed by atoms with Crippen molar-refractivity contribution in [3.05, 3.63) is 57.5 Å². The quantitative estimate of drug-likeness (QED) is 0.720. The number of rotatable bonds is 2. The summed E-state index contributed by atoms with van der Waals surface area (Å²) in [5.41, 5.74) is 1.57. The highest BCUT2D eigenvalue weighted by molar-refractivity contribution is 7.92. The van der Waals surface area contributed by atoms with Gasteiger partial charge in [-0.2, -0.15) is 0 Å². The van der Waals surface area contributed by atoms with Gasteiger partial charge in [0.1, 0.15) is 0 Å². The number of fused-ring (bicyclic) bond motifs is 2. The van der Waals surface area contributed by atoms with Crippen LogP contribution in [0, 0.1) is 0 Å². The van der Waals surface area contributed by atoms with Crippen LogP contribution in [0.4, 0.5) is 5.69 Å². The molecule has 1 aliphatic rings. The number of benzene rings is 2. The maximum atomic E-state index is 13.2. The van der Waals surface area contributed by atoms with Crippen LogP contribution in [0.5, 0.6) is 0 Å². The highest BCUT2D eigenvalue weighted by atomic mass is 35.5. The van der Waals surface area contributed by atoms with Crippen molar-refractivity contribution >= 4 is 38.4 Å². The van der Waals surface area contributed by atoms with E-state index in [1.165, 1.54) is 27.1 Å². The summed E-state index contributed by atoms with van der Waals surface area (Å²) in [6.07, 6.45) is -0.514. The summed E-state index contributed by atoms with van der Waals surface area (Å²) in [5.74, 6) is -0.560. The molecule has 1 atom stereocenters. The third-order valence-corrected chi connectivity index (χ3v) is 6.62. The molecule has 2 aromatic carbocycles. The van der Waals surface area contributed by atoms with Gasteiger partial charge >= 0.3 is 5.76 Å². The van der Waals surface area contributed by atoms with E-state index in [2.05, 4.69) is 0 Å². The molecule has 0 saturated carbocycles. The molecule has 0 amide bonds. The van der Waals surface area contributed by atoms with Crippen molar-refractivity contribution in [2.45, 2.75) is 17.4 Å². The lowest BCUT2D eigenvalue weighted by molar-refractivity contribution is 0.166. The van der Waals surface area contributed by atoms with Gasteiger partial charge in [0.25, 0.3) is 10.0 Å². The maximum Gasteiger partial charge on any atom is 0.419 e. The fourth-order valence-corrected chi connectivity index (χ4v) is 4.89. The monoisotopic (exact) mass is 394 g/mol. The van der Waals surface area contributed by atoms with Crippen LogP contribution in [0.1, 0.15) is 18.1 Å². The van der Waals surface area contributed by atoms with Crippen molar-refractivity contribution in [1.29, 1.82) is 0 Å². The van der Waals surface area contributed by atoms with Crippen LogP contribution in [0.3, 0.4) is 0 Å². The first kappa shape index (κ1) is 17.1. The highest BCUT2D eigenvalue weighted by Gasteiger charge is 2.33. The molecule has 0 bridgehead atoms. The summed E-state index contributed by atoms with van der Waals surface area (Å²) in [6.45, 7) is 0.134. The molecule has 2 heterocycles. The number of nitrogens with zero attached hydrogens (tertiary/aromatic N) is 2. The van der Waals surface area contributed by atoms with Crippen molar-refractivity contribution in [2.24, 2.45) is 7.05 Å². The third-order valence-electron chi connectivity index (χ3n) is 4.57. The van der Waals surface area contributed by atoms with E-state index in [9.17, 15) is 18.3 Å². The van der Waals surface area contributed by atoms with Crippen molar-refractivity contribution < 1.29 is 17.9 Å². The first-order chi connectivity index (χ1) is 12.3. The SMILES string of the molecule is Cn1c(=O)oc2cc(S(=O)(=O)N3CCC(O)c4cc(Cl)ccc43)ccc21. The summed E-state index contributed by atoms with van der Waals surface area (Å²) < 4.78 is 34.0. The summed E-state index contributed by atoms with van der Waals surface area (Å²) in [7, 11) is -2.35. The number of oxazole rings is 1. The number of aryl methyl sites for hydroxylation is 1. The molecule has 136 valence electrons. The van der Waals surface area contributed by atoms with Gasteiger partial charge in [0.2, 0.25) is 0 Å². The minimum absolute atomic E-state index is 0.0108. The van der Waals surface area contributed by atoms with Crippen LogP contribution >= 0.6 is 11.6 Å². The van der Waals surface area contributed by atoms with Gasteiger partial charge in [-0.25, -0.2) is 13.2 Å². The second-order valence-electron chi connectivity index (χ2n) is 6.14. The predicted molar refractivity (Wildman–Crippen MR) is 97.0 cm³/mol. The van der Waals surface area contributed by atoms with Gasteiger partial charge in [-0.1, -0.05) is 11.6 Å². The second-order valence-corrected chi connectivity index (χ2v) is 8.44. The summed E-state index contributed by atoms with van der Waals surface area (Å²) >= 11 is 5.98. The number of halogens is 1. The maximum absolute atomic E-state index is 13.2. The smallest absolute Gasteiger partial charge is 0.408 e. The zero-order valence-electron chi connectivity index (χ0n) is 13.7. The third kappa shape index (κ3) is 2.53. The molecule has 1 N–H and O–H groups in total. The molecular weight excluding hydrogens is 380 g/mol. The molecular formula is C17H15ClN2O5S. The van der Waals surface area contributed by atoms with Crippen molar-refractivity contribution in [3.63, 3.8) is 0 Å². The first-order valence-corrected chi connectivity index (χ1v) is 9.70. The van der Waals surface area contributed by atoms with Gasteiger partial charge < -0.3 is 9.52 Å². The largest absolute Gasteiger partial charge is 0.419 e. The lowest BCUT2D eigenvalue weighted by atomic mass is 10.0.